The fourth-order valence-electron chi connectivity index (χ4n) is 1.41. The summed E-state index contributed by atoms with van der Waals surface area (Å²) in [6, 6.07) is 0.0142. The third-order valence-electron chi connectivity index (χ3n) is 2.19. The molecule has 0 aliphatic heterocycles. The lowest BCUT2D eigenvalue weighted by atomic mass is 10.0. The first-order valence-electron chi connectivity index (χ1n) is 5.57. The van der Waals surface area contributed by atoms with Crippen LogP contribution in [-0.4, -0.2) is 26.8 Å². The molecule has 0 bridgehead atoms. The third kappa shape index (κ3) is 8.84. The average Bonchev–Trinajstić information content (AvgIpc) is 2.01. The number of hydrogen-bond donors (Lipinski definition) is 2. The van der Waals surface area contributed by atoms with Crippen LogP contribution in [0.4, 0.5) is 0 Å². The molecule has 1 atom stereocenters. The van der Waals surface area contributed by atoms with E-state index in [0.717, 1.165) is 19.3 Å². The van der Waals surface area contributed by atoms with E-state index in [4.69, 9.17) is 5.73 Å². The summed E-state index contributed by atoms with van der Waals surface area (Å²) in [6.45, 7) is 6.41. The molecule has 0 fully saturated rings. The van der Waals surface area contributed by atoms with Crippen molar-refractivity contribution in [3.63, 3.8) is 0 Å². The molecule has 0 heterocycles. The number of nitrogens with two attached hydrogens (primary N) is 1. The first-order chi connectivity index (χ1) is 6.87. The first kappa shape index (κ1) is 14.9. The standard InChI is InChI=1S/C10H24N2O2S/c1-9(2)5-4-6-10(3)12-15(13,14)8-7-11/h9-10,12H,4-8,11H2,1-3H3. The number of sulfonamides is 1. The van der Waals surface area contributed by atoms with Gasteiger partial charge in [0.2, 0.25) is 10.0 Å². The maximum Gasteiger partial charge on any atom is 0.213 e. The second-order valence-electron chi connectivity index (χ2n) is 4.45. The summed E-state index contributed by atoms with van der Waals surface area (Å²) in [5, 5.41) is 0. The normalized spacial score (nSPS) is 14.5. The van der Waals surface area contributed by atoms with E-state index in [1.54, 1.807) is 0 Å². The Kier molecular flexibility index (Phi) is 7.13. The van der Waals surface area contributed by atoms with Crippen molar-refractivity contribution in [1.82, 2.24) is 4.72 Å². The zero-order chi connectivity index (χ0) is 11.9. The predicted octanol–water partition coefficient (Wildman–Crippen LogP) is 1.08. The molecule has 0 rings (SSSR count). The molecule has 0 aromatic heterocycles. The molecule has 4 nitrogen and oxygen atoms in total. The maximum absolute atomic E-state index is 11.3. The second kappa shape index (κ2) is 7.19. The summed E-state index contributed by atoms with van der Waals surface area (Å²) < 4.78 is 25.3. The quantitative estimate of drug-likeness (QED) is 0.662. The molecule has 15 heavy (non-hydrogen) atoms. The first-order valence-corrected chi connectivity index (χ1v) is 7.22. The van der Waals surface area contributed by atoms with Gasteiger partial charge in [-0.1, -0.05) is 26.7 Å². The third-order valence-corrected chi connectivity index (χ3v) is 3.72. The topological polar surface area (TPSA) is 72.2 Å². The summed E-state index contributed by atoms with van der Waals surface area (Å²) in [6.07, 6.45) is 3.09. The number of hydrogen-bond acceptors (Lipinski definition) is 3. The maximum atomic E-state index is 11.3. The van der Waals surface area contributed by atoms with Crippen LogP contribution in [0.1, 0.15) is 40.0 Å². The monoisotopic (exact) mass is 236 g/mol. The molecule has 0 saturated carbocycles. The Morgan fingerprint density at radius 3 is 2.27 bits per heavy atom. The Balaban J connectivity index is 3.78. The largest absolute Gasteiger partial charge is 0.329 e. The zero-order valence-electron chi connectivity index (χ0n) is 9.99. The molecule has 0 aromatic carbocycles. The highest BCUT2D eigenvalue weighted by molar-refractivity contribution is 7.89. The minimum absolute atomic E-state index is 0.0142. The molecule has 5 heteroatoms. The second-order valence-corrected chi connectivity index (χ2v) is 6.32. The van der Waals surface area contributed by atoms with Crippen LogP contribution in [0.15, 0.2) is 0 Å². The van der Waals surface area contributed by atoms with Gasteiger partial charge in [0.25, 0.3) is 0 Å². The number of rotatable bonds is 8. The summed E-state index contributed by atoms with van der Waals surface area (Å²) in [7, 11) is -3.16. The Morgan fingerprint density at radius 1 is 1.20 bits per heavy atom. The van der Waals surface area contributed by atoms with Gasteiger partial charge in [0, 0.05) is 12.6 Å². The molecule has 3 N–H and O–H groups in total. The van der Waals surface area contributed by atoms with Gasteiger partial charge in [-0.05, 0) is 19.3 Å². The SMILES string of the molecule is CC(C)CCCC(C)NS(=O)(=O)CCN. The predicted molar refractivity (Wildman–Crippen MR) is 64.1 cm³/mol. The molecule has 0 amide bonds. The van der Waals surface area contributed by atoms with Crippen LogP contribution in [0.5, 0.6) is 0 Å². The van der Waals surface area contributed by atoms with Crippen molar-refractivity contribution >= 4 is 10.0 Å². The van der Waals surface area contributed by atoms with Crippen LogP contribution in [0.3, 0.4) is 0 Å². The average molecular weight is 236 g/mol. The van der Waals surface area contributed by atoms with Crippen LogP contribution in [0.2, 0.25) is 0 Å². The summed E-state index contributed by atoms with van der Waals surface area (Å²) in [4.78, 5) is 0. The Morgan fingerprint density at radius 2 is 1.80 bits per heavy atom. The van der Waals surface area contributed by atoms with Gasteiger partial charge in [-0.3, -0.25) is 0 Å². The highest BCUT2D eigenvalue weighted by Gasteiger charge is 2.12. The van der Waals surface area contributed by atoms with Crippen molar-refractivity contribution in [3.05, 3.63) is 0 Å². The van der Waals surface area contributed by atoms with Crippen molar-refractivity contribution in [3.8, 4) is 0 Å². The summed E-state index contributed by atoms with van der Waals surface area (Å²) in [5.74, 6) is 0.694. The van der Waals surface area contributed by atoms with Gasteiger partial charge < -0.3 is 5.73 Å². The van der Waals surface area contributed by atoms with E-state index in [2.05, 4.69) is 18.6 Å². The molecule has 0 saturated heterocycles. The summed E-state index contributed by atoms with van der Waals surface area (Å²) in [5.41, 5.74) is 5.21. The van der Waals surface area contributed by atoms with Crippen molar-refractivity contribution in [2.24, 2.45) is 11.7 Å². The van der Waals surface area contributed by atoms with Crippen LogP contribution in [-0.2, 0) is 10.0 Å². The van der Waals surface area contributed by atoms with Gasteiger partial charge in [-0.15, -0.1) is 0 Å². The van der Waals surface area contributed by atoms with E-state index in [-0.39, 0.29) is 18.3 Å². The van der Waals surface area contributed by atoms with Gasteiger partial charge in [0.15, 0.2) is 0 Å². The van der Waals surface area contributed by atoms with E-state index < -0.39 is 10.0 Å². The van der Waals surface area contributed by atoms with Crippen LogP contribution < -0.4 is 10.5 Å². The van der Waals surface area contributed by atoms with Crippen molar-refractivity contribution in [2.75, 3.05) is 12.3 Å². The zero-order valence-corrected chi connectivity index (χ0v) is 10.8. The van der Waals surface area contributed by atoms with Crippen molar-refractivity contribution in [1.29, 1.82) is 0 Å². The van der Waals surface area contributed by atoms with Gasteiger partial charge in [-0.25, -0.2) is 13.1 Å². The minimum atomic E-state index is -3.16. The van der Waals surface area contributed by atoms with Crippen LogP contribution in [0.25, 0.3) is 0 Å². The van der Waals surface area contributed by atoms with Gasteiger partial charge in [0.05, 0.1) is 5.75 Å². The molecule has 1 unspecified atom stereocenters. The van der Waals surface area contributed by atoms with Crippen LogP contribution in [0, 0.1) is 5.92 Å². The highest BCUT2D eigenvalue weighted by atomic mass is 32.2. The molecule has 0 spiro atoms. The van der Waals surface area contributed by atoms with E-state index in [1.165, 1.54) is 0 Å². The lowest BCUT2D eigenvalue weighted by molar-refractivity contribution is 0.488. The molecule has 92 valence electrons. The van der Waals surface area contributed by atoms with Gasteiger partial charge >= 0.3 is 0 Å². The Hall–Kier alpha value is -0.130. The minimum Gasteiger partial charge on any atom is -0.329 e. The van der Waals surface area contributed by atoms with Crippen molar-refractivity contribution in [2.45, 2.75) is 46.1 Å². The van der Waals surface area contributed by atoms with Crippen LogP contribution >= 0.6 is 0 Å². The van der Waals surface area contributed by atoms with E-state index >= 15 is 0 Å². The molecular formula is C10H24N2O2S. The Labute approximate surface area is 93.7 Å². The number of nitrogens with one attached hydrogen (secondary N) is 1. The molecule has 0 aliphatic rings. The Bertz CT molecular complexity index is 250. The molecule has 0 aromatic rings. The fourth-order valence-corrected chi connectivity index (χ4v) is 2.57. The van der Waals surface area contributed by atoms with E-state index in [1.807, 2.05) is 6.92 Å². The van der Waals surface area contributed by atoms with Gasteiger partial charge in [0.1, 0.15) is 0 Å². The van der Waals surface area contributed by atoms with Gasteiger partial charge in [-0.2, -0.15) is 0 Å². The van der Waals surface area contributed by atoms with Crippen molar-refractivity contribution < 1.29 is 8.42 Å². The fraction of sp³-hybridized carbons (Fsp3) is 1.00. The lowest BCUT2D eigenvalue weighted by Crippen LogP contribution is -2.36. The smallest absolute Gasteiger partial charge is 0.213 e. The highest BCUT2D eigenvalue weighted by Crippen LogP contribution is 2.08. The van der Waals surface area contributed by atoms with E-state index in [0.29, 0.717) is 5.92 Å². The lowest BCUT2D eigenvalue weighted by Gasteiger charge is -2.14. The van der Waals surface area contributed by atoms with E-state index in [9.17, 15) is 8.42 Å². The molecule has 0 aliphatic carbocycles. The molecule has 0 radical (unpaired) electrons. The molecular weight excluding hydrogens is 212 g/mol. The summed E-state index contributed by atoms with van der Waals surface area (Å²) >= 11 is 0.